The number of anilines is 1. The van der Waals surface area contributed by atoms with Crippen molar-refractivity contribution in [3.05, 3.63) is 47.3 Å². The van der Waals surface area contributed by atoms with Gasteiger partial charge in [-0.2, -0.15) is 5.10 Å². The average molecular weight is 229 g/mol. The Labute approximate surface area is 100 Å². The van der Waals surface area contributed by atoms with E-state index in [0.29, 0.717) is 12.1 Å². The molecule has 2 rings (SSSR count). The molecule has 1 heterocycles. The summed E-state index contributed by atoms with van der Waals surface area (Å²) in [5.41, 5.74) is 4.16. The summed E-state index contributed by atoms with van der Waals surface area (Å²) in [5.74, 6) is -0.0327. The molecule has 1 amide bonds. The number of aromatic amines is 1. The standard InChI is InChI=1S/C13H15N3O/c1-9-3-4-11(5-10(9)2)6-13(17)16-12-7-14-15-8-12/h3-5,7-8H,6H2,1-2H3,(H,14,15)(H,16,17). The zero-order valence-electron chi connectivity index (χ0n) is 9.95. The monoisotopic (exact) mass is 229 g/mol. The summed E-state index contributed by atoms with van der Waals surface area (Å²) in [5, 5.41) is 9.19. The number of benzene rings is 1. The van der Waals surface area contributed by atoms with Crippen molar-refractivity contribution in [3.63, 3.8) is 0 Å². The van der Waals surface area contributed by atoms with Gasteiger partial charge in [-0.3, -0.25) is 9.89 Å². The molecule has 0 aliphatic heterocycles. The Hall–Kier alpha value is -2.10. The number of carbonyl (C=O) groups is 1. The quantitative estimate of drug-likeness (QED) is 0.847. The summed E-state index contributed by atoms with van der Waals surface area (Å²) in [7, 11) is 0. The van der Waals surface area contributed by atoms with Crippen LogP contribution in [0, 0.1) is 13.8 Å². The summed E-state index contributed by atoms with van der Waals surface area (Å²) in [4.78, 5) is 11.7. The zero-order chi connectivity index (χ0) is 12.3. The van der Waals surface area contributed by atoms with Crippen molar-refractivity contribution in [2.75, 3.05) is 5.32 Å². The molecule has 17 heavy (non-hydrogen) atoms. The molecular formula is C13H15N3O. The molecule has 0 saturated heterocycles. The lowest BCUT2D eigenvalue weighted by atomic mass is 10.0. The predicted octanol–water partition coefficient (Wildman–Crippen LogP) is 2.21. The molecule has 88 valence electrons. The third kappa shape index (κ3) is 2.93. The maximum absolute atomic E-state index is 11.7. The molecule has 1 aromatic heterocycles. The third-order valence-electron chi connectivity index (χ3n) is 2.72. The van der Waals surface area contributed by atoms with Gasteiger partial charge in [0.15, 0.2) is 0 Å². The van der Waals surface area contributed by atoms with Gasteiger partial charge in [-0.15, -0.1) is 0 Å². The molecule has 0 unspecified atom stereocenters. The van der Waals surface area contributed by atoms with Crippen LogP contribution in [0.4, 0.5) is 5.69 Å². The van der Waals surface area contributed by atoms with E-state index >= 15 is 0 Å². The van der Waals surface area contributed by atoms with E-state index in [2.05, 4.69) is 22.4 Å². The van der Waals surface area contributed by atoms with Crippen LogP contribution >= 0.6 is 0 Å². The van der Waals surface area contributed by atoms with Crippen molar-refractivity contribution in [3.8, 4) is 0 Å². The number of nitrogens with one attached hydrogen (secondary N) is 2. The fourth-order valence-electron chi connectivity index (χ4n) is 1.62. The van der Waals surface area contributed by atoms with Crippen LogP contribution < -0.4 is 5.32 Å². The number of amides is 1. The lowest BCUT2D eigenvalue weighted by Crippen LogP contribution is -2.14. The van der Waals surface area contributed by atoms with Gasteiger partial charge in [-0.1, -0.05) is 18.2 Å². The highest BCUT2D eigenvalue weighted by molar-refractivity contribution is 5.91. The molecule has 0 radical (unpaired) electrons. The molecule has 0 saturated carbocycles. The van der Waals surface area contributed by atoms with Crippen LogP contribution in [-0.4, -0.2) is 16.1 Å². The highest BCUT2D eigenvalue weighted by Gasteiger charge is 2.05. The Morgan fingerprint density at radius 1 is 1.35 bits per heavy atom. The molecule has 4 heteroatoms. The normalized spacial score (nSPS) is 10.2. The van der Waals surface area contributed by atoms with Crippen LogP contribution in [0.15, 0.2) is 30.6 Å². The van der Waals surface area contributed by atoms with Crippen LogP contribution in [0.25, 0.3) is 0 Å². The smallest absolute Gasteiger partial charge is 0.228 e. The van der Waals surface area contributed by atoms with E-state index in [1.54, 1.807) is 12.4 Å². The fraction of sp³-hybridized carbons (Fsp3) is 0.231. The molecule has 0 atom stereocenters. The SMILES string of the molecule is Cc1ccc(CC(=O)Nc2cn[nH]c2)cc1C. The van der Waals surface area contributed by atoms with Crippen molar-refractivity contribution in [2.45, 2.75) is 20.3 Å². The molecule has 0 bridgehead atoms. The molecule has 4 nitrogen and oxygen atoms in total. The van der Waals surface area contributed by atoms with Crippen molar-refractivity contribution < 1.29 is 4.79 Å². The van der Waals surface area contributed by atoms with Gasteiger partial charge in [0.1, 0.15) is 0 Å². The van der Waals surface area contributed by atoms with Gasteiger partial charge in [0.05, 0.1) is 18.3 Å². The van der Waals surface area contributed by atoms with Crippen molar-refractivity contribution >= 4 is 11.6 Å². The molecular weight excluding hydrogens is 214 g/mol. The van der Waals surface area contributed by atoms with Crippen LogP contribution in [-0.2, 0) is 11.2 Å². The van der Waals surface area contributed by atoms with Gasteiger partial charge >= 0.3 is 0 Å². The van der Waals surface area contributed by atoms with E-state index in [1.807, 2.05) is 25.1 Å². The van der Waals surface area contributed by atoms with Gasteiger partial charge in [0.25, 0.3) is 0 Å². The van der Waals surface area contributed by atoms with Gasteiger partial charge in [-0.25, -0.2) is 0 Å². The summed E-state index contributed by atoms with van der Waals surface area (Å²) in [6, 6.07) is 6.07. The van der Waals surface area contributed by atoms with Crippen molar-refractivity contribution in [1.82, 2.24) is 10.2 Å². The average Bonchev–Trinajstić information content (AvgIpc) is 2.76. The number of H-pyrrole nitrogens is 1. The summed E-state index contributed by atoms with van der Waals surface area (Å²) in [6.07, 6.45) is 3.61. The van der Waals surface area contributed by atoms with Crippen molar-refractivity contribution in [1.29, 1.82) is 0 Å². The molecule has 2 N–H and O–H groups in total. The minimum absolute atomic E-state index is 0.0327. The molecule has 0 spiro atoms. The lowest BCUT2D eigenvalue weighted by Gasteiger charge is -2.05. The maximum atomic E-state index is 11.7. The number of carbonyl (C=O) groups excluding carboxylic acids is 1. The third-order valence-corrected chi connectivity index (χ3v) is 2.72. The van der Waals surface area contributed by atoms with Crippen LogP contribution in [0.2, 0.25) is 0 Å². The van der Waals surface area contributed by atoms with Gasteiger partial charge in [0.2, 0.25) is 5.91 Å². The minimum atomic E-state index is -0.0327. The summed E-state index contributed by atoms with van der Waals surface area (Å²) in [6.45, 7) is 4.11. The molecule has 1 aromatic carbocycles. The van der Waals surface area contributed by atoms with E-state index in [4.69, 9.17) is 0 Å². The summed E-state index contributed by atoms with van der Waals surface area (Å²) < 4.78 is 0. The fourth-order valence-corrected chi connectivity index (χ4v) is 1.62. The van der Waals surface area contributed by atoms with Crippen molar-refractivity contribution in [2.24, 2.45) is 0 Å². The highest BCUT2D eigenvalue weighted by atomic mass is 16.1. The second kappa shape index (κ2) is 4.82. The second-order valence-electron chi connectivity index (χ2n) is 4.13. The maximum Gasteiger partial charge on any atom is 0.228 e. The lowest BCUT2D eigenvalue weighted by molar-refractivity contribution is -0.115. The van der Waals surface area contributed by atoms with E-state index < -0.39 is 0 Å². The van der Waals surface area contributed by atoms with Gasteiger partial charge in [0, 0.05) is 6.20 Å². The highest BCUT2D eigenvalue weighted by Crippen LogP contribution is 2.11. The number of hydrogen-bond donors (Lipinski definition) is 2. The molecule has 0 fully saturated rings. The van der Waals surface area contributed by atoms with Gasteiger partial charge < -0.3 is 5.32 Å². The second-order valence-corrected chi connectivity index (χ2v) is 4.13. The summed E-state index contributed by atoms with van der Waals surface area (Å²) >= 11 is 0. The Balaban J connectivity index is 2.00. The number of nitrogens with zero attached hydrogens (tertiary/aromatic N) is 1. The number of aryl methyl sites for hydroxylation is 2. The first-order valence-electron chi connectivity index (χ1n) is 5.50. The van der Waals surface area contributed by atoms with Crippen LogP contribution in [0.5, 0.6) is 0 Å². The largest absolute Gasteiger partial charge is 0.323 e. The first kappa shape index (κ1) is 11.4. The van der Waals surface area contributed by atoms with Crippen LogP contribution in [0.3, 0.4) is 0 Å². The molecule has 2 aromatic rings. The zero-order valence-corrected chi connectivity index (χ0v) is 9.95. The van der Waals surface area contributed by atoms with E-state index in [0.717, 1.165) is 5.56 Å². The molecule has 0 aliphatic carbocycles. The first-order chi connectivity index (χ1) is 8.15. The van der Waals surface area contributed by atoms with E-state index in [9.17, 15) is 4.79 Å². The van der Waals surface area contributed by atoms with Gasteiger partial charge in [-0.05, 0) is 30.5 Å². The van der Waals surface area contributed by atoms with E-state index in [1.165, 1.54) is 11.1 Å². The first-order valence-corrected chi connectivity index (χ1v) is 5.50. The Morgan fingerprint density at radius 2 is 2.18 bits per heavy atom. The predicted molar refractivity (Wildman–Crippen MR) is 66.8 cm³/mol. The number of rotatable bonds is 3. The minimum Gasteiger partial charge on any atom is -0.323 e. The Kier molecular flexibility index (Phi) is 3.23. The topological polar surface area (TPSA) is 57.8 Å². The Morgan fingerprint density at radius 3 is 2.82 bits per heavy atom. The van der Waals surface area contributed by atoms with Crippen LogP contribution in [0.1, 0.15) is 16.7 Å². The van der Waals surface area contributed by atoms with E-state index in [-0.39, 0.29) is 5.91 Å². The molecule has 0 aliphatic rings. The Bertz CT molecular complexity index is 517. The number of aromatic nitrogens is 2. The number of hydrogen-bond acceptors (Lipinski definition) is 2.